The summed E-state index contributed by atoms with van der Waals surface area (Å²) < 4.78 is 0. The van der Waals surface area contributed by atoms with Crippen molar-refractivity contribution in [1.82, 2.24) is 0 Å². The SMILES string of the molecule is C=CCCC(=O)CCC#N. The van der Waals surface area contributed by atoms with Gasteiger partial charge in [-0.2, -0.15) is 5.26 Å². The van der Waals surface area contributed by atoms with E-state index in [-0.39, 0.29) is 5.78 Å². The van der Waals surface area contributed by atoms with Crippen molar-refractivity contribution in [3.05, 3.63) is 12.7 Å². The summed E-state index contributed by atoms with van der Waals surface area (Å²) >= 11 is 0. The fourth-order valence-corrected chi connectivity index (χ4v) is 0.583. The summed E-state index contributed by atoms with van der Waals surface area (Å²) in [6, 6.07) is 1.93. The monoisotopic (exact) mass is 137 g/mol. The van der Waals surface area contributed by atoms with Crippen molar-refractivity contribution in [3.8, 4) is 6.07 Å². The fraction of sp³-hybridized carbons (Fsp3) is 0.500. The molecule has 0 N–H and O–H groups in total. The summed E-state index contributed by atoms with van der Waals surface area (Å²) in [5.41, 5.74) is 0. The lowest BCUT2D eigenvalue weighted by Crippen LogP contribution is -1.94. The molecule has 0 saturated heterocycles. The van der Waals surface area contributed by atoms with Crippen LogP contribution in [0.15, 0.2) is 12.7 Å². The van der Waals surface area contributed by atoms with Gasteiger partial charge in [-0.15, -0.1) is 6.58 Å². The van der Waals surface area contributed by atoms with Gasteiger partial charge in [0.15, 0.2) is 0 Å². The second kappa shape index (κ2) is 6.03. The summed E-state index contributed by atoms with van der Waals surface area (Å²) in [4.78, 5) is 10.8. The Morgan fingerprint density at radius 3 is 2.80 bits per heavy atom. The topological polar surface area (TPSA) is 40.9 Å². The van der Waals surface area contributed by atoms with Gasteiger partial charge in [0, 0.05) is 19.3 Å². The maximum Gasteiger partial charge on any atom is 0.134 e. The van der Waals surface area contributed by atoms with Gasteiger partial charge in [0.1, 0.15) is 5.78 Å². The minimum atomic E-state index is 0.154. The largest absolute Gasteiger partial charge is 0.300 e. The molecule has 0 aromatic rings. The minimum Gasteiger partial charge on any atom is -0.300 e. The summed E-state index contributed by atoms with van der Waals surface area (Å²) in [6.45, 7) is 3.50. The standard InChI is InChI=1S/C8H11NO/c1-2-3-5-8(10)6-4-7-9/h2H,1,3-6H2. The number of ketones is 1. The van der Waals surface area contributed by atoms with E-state index in [4.69, 9.17) is 5.26 Å². The van der Waals surface area contributed by atoms with E-state index in [0.717, 1.165) is 6.42 Å². The van der Waals surface area contributed by atoms with Crippen LogP contribution in [0.4, 0.5) is 0 Å². The molecule has 0 unspecified atom stereocenters. The third kappa shape index (κ3) is 5.04. The minimum absolute atomic E-state index is 0.154. The number of carbonyl (C=O) groups excluding carboxylic acids is 1. The van der Waals surface area contributed by atoms with Crippen LogP contribution in [0.3, 0.4) is 0 Å². The molecule has 0 fully saturated rings. The zero-order chi connectivity index (χ0) is 7.82. The fourth-order valence-electron chi connectivity index (χ4n) is 0.583. The van der Waals surface area contributed by atoms with Gasteiger partial charge in [-0.1, -0.05) is 6.08 Å². The van der Waals surface area contributed by atoms with Crippen LogP contribution < -0.4 is 0 Å². The van der Waals surface area contributed by atoms with Crippen molar-refractivity contribution in [1.29, 1.82) is 5.26 Å². The van der Waals surface area contributed by atoms with Crippen LogP contribution in [0.5, 0.6) is 0 Å². The molecule has 0 spiro atoms. The lowest BCUT2D eigenvalue weighted by molar-refractivity contribution is -0.118. The molecule has 2 nitrogen and oxygen atoms in total. The molecule has 0 radical (unpaired) electrons. The van der Waals surface area contributed by atoms with Crippen molar-refractivity contribution in [2.75, 3.05) is 0 Å². The number of hydrogen-bond donors (Lipinski definition) is 0. The molecule has 10 heavy (non-hydrogen) atoms. The quantitative estimate of drug-likeness (QED) is 0.542. The predicted octanol–water partition coefficient (Wildman–Crippen LogP) is 1.83. The lowest BCUT2D eigenvalue weighted by atomic mass is 10.1. The highest BCUT2D eigenvalue weighted by Crippen LogP contribution is 1.97. The van der Waals surface area contributed by atoms with Gasteiger partial charge in [0.05, 0.1) is 6.07 Å². The number of rotatable bonds is 5. The van der Waals surface area contributed by atoms with E-state index in [9.17, 15) is 4.79 Å². The van der Waals surface area contributed by atoms with Crippen LogP contribution in [0.2, 0.25) is 0 Å². The summed E-state index contributed by atoms with van der Waals surface area (Å²) in [7, 11) is 0. The van der Waals surface area contributed by atoms with Gasteiger partial charge in [-0.05, 0) is 6.42 Å². The third-order valence-corrected chi connectivity index (χ3v) is 1.14. The average molecular weight is 137 g/mol. The second-order valence-corrected chi connectivity index (χ2v) is 2.02. The highest BCUT2D eigenvalue weighted by molar-refractivity contribution is 5.78. The van der Waals surface area contributed by atoms with Crippen LogP contribution in [0, 0.1) is 11.3 Å². The zero-order valence-electron chi connectivity index (χ0n) is 5.97. The van der Waals surface area contributed by atoms with Gasteiger partial charge in [-0.3, -0.25) is 4.79 Å². The molecule has 0 aromatic heterocycles. The third-order valence-electron chi connectivity index (χ3n) is 1.14. The average Bonchev–Trinajstić information content (AvgIpc) is 1.97. The molecule has 0 atom stereocenters. The van der Waals surface area contributed by atoms with Crippen LogP contribution in [0.25, 0.3) is 0 Å². The first kappa shape index (κ1) is 8.90. The van der Waals surface area contributed by atoms with Crippen LogP contribution in [-0.4, -0.2) is 5.78 Å². The number of allylic oxidation sites excluding steroid dienone is 1. The van der Waals surface area contributed by atoms with Crippen LogP contribution in [-0.2, 0) is 4.79 Å². The highest BCUT2D eigenvalue weighted by Gasteiger charge is 1.97. The Morgan fingerprint density at radius 2 is 2.30 bits per heavy atom. The molecule has 0 amide bonds. The normalized spacial score (nSPS) is 8.30. The zero-order valence-corrected chi connectivity index (χ0v) is 5.97. The van der Waals surface area contributed by atoms with Gasteiger partial charge in [0.25, 0.3) is 0 Å². The van der Waals surface area contributed by atoms with E-state index < -0.39 is 0 Å². The second-order valence-electron chi connectivity index (χ2n) is 2.02. The van der Waals surface area contributed by atoms with E-state index >= 15 is 0 Å². The summed E-state index contributed by atoms with van der Waals surface area (Å²) in [5, 5.41) is 8.12. The van der Waals surface area contributed by atoms with Crippen molar-refractivity contribution >= 4 is 5.78 Å². The van der Waals surface area contributed by atoms with Crippen molar-refractivity contribution in [3.63, 3.8) is 0 Å². The molecule has 0 bridgehead atoms. The molecule has 2 heteroatoms. The Balaban J connectivity index is 3.27. The van der Waals surface area contributed by atoms with Gasteiger partial charge >= 0.3 is 0 Å². The summed E-state index contributed by atoms with van der Waals surface area (Å²) in [5.74, 6) is 0.154. The van der Waals surface area contributed by atoms with E-state index in [0.29, 0.717) is 19.3 Å². The molecule has 0 aromatic carbocycles. The summed E-state index contributed by atoms with van der Waals surface area (Å²) in [6.07, 6.45) is 3.71. The van der Waals surface area contributed by atoms with Crippen LogP contribution in [0.1, 0.15) is 25.7 Å². The van der Waals surface area contributed by atoms with Gasteiger partial charge < -0.3 is 0 Å². The first-order chi connectivity index (χ1) is 4.81. The Labute approximate surface area is 61.2 Å². The lowest BCUT2D eigenvalue weighted by Gasteiger charge is -1.91. The maximum atomic E-state index is 10.8. The van der Waals surface area contributed by atoms with Crippen molar-refractivity contribution < 1.29 is 4.79 Å². The number of nitrogens with zero attached hydrogens (tertiary/aromatic N) is 1. The Kier molecular flexibility index (Phi) is 5.36. The van der Waals surface area contributed by atoms with E-state index in [1.165, 1.54) is 0 Å². The van der Waals surface area contributed by atoms with E-state index in [1.54, 1.807) is 6.08 Å². The first-order valence-corrected chi connectivity index (χ1v) is 3.30. The molecule has 0 saturated carbocycles. The van der Waals surface area contributed by atoms with E-state index in [1.807, 2.05) is 6.07 Å². The molecular weight excluding hydrogens is 126 g/mol. The molecule has 0 aliphatic heterocycles. The Bertz CT molecular complexity index is 155. The molecule has 0 heterocycles. The molecule has 0 aliphatic carbocycles. The molecule has 0 aliphatic rings. The number of carbonyl (C=O) groups is 1. The van der Waals surface area contributed by atoms with Crippen LogP contribution >= 0.6 is 0 Å². The Hall–Kier alpha value is -1.10. The van der Waals surface area contributed by atoms with Crippen molar-refractivity contribution in [2.24, 2.45) is 0 Å². The molecular formula is C8H11NO. The van der Waals surface area contributed by atoms with Gasteiger partial charge in [0.2, 0.25) is 0 Å². The Morgan fingerprint density at radius 1 is 1.60 bits per heavy atom. The van der Waals surface area contributed by atoms with Crippen molar-refractivity contribution in [2.45, 2.75) is 25.7 Å². The maximum absolute atomic E-state index is 10.8. The number of hydrogen-bond acceptors (Lipinski definition) is 2. The molecule has 0 rings (SSSR count). The number of Topliss-reactive ketones (excluding diaryl/α,β-unsaturated/α-hetero) is 1. The molecule has 54 valence electrons. The predicted molar refractivity (Wildman–Crippen MR) is 39.3 cm³/mol. The number of nitriles is 1. The highest BCUT2D eigenvalue weighted by atomic mass is 16.1. The smallest absolute Gasteiger partial charge is 0.134 e. The first-order valence-electron chi connectivity index (χ1n) is 3.30. The van der Waals surface area contributed by atoms with Gasteiger partial charge in [-0.25, -0.2) is 0 Å². The van der Waals surface area contributed by atoms with E-state index in [2.05, 4.69) is 6.58 Å².